The average Bonchev–Trinajstić information content (AvgIpc) is 2.87. The molecule has 2 aromatic rings. The molecule has 24 heavy (non-hydrogen) atoms. The van der Waals surface area contributed by atoms with Crippen molar-refractivity contribution in [2.75, 3.05) is 18.5 Å². The average molecular weight is 416 g/mol. The van der Waals surface area contributed by atoms with Gasteiger partial charge in [0.1, 0.15) is 4.88 Å². The number of nitrogens with one attached hydrogen (secondary N) is 1. The maximum atomic E-state index is 13.6. The van der Waals surface area contributed by atoms with Crippen LogP contribution in [0.4, 0.5) is 9.39 Å². The van der Waals surface area contributed by atoms with Crippen LogP contribution in [0.25, 0.3) is 0 Å². The molecule has 0 spiro atoms. The van der Waals surface area contributed by atoms with E-state index >= 15 is 0 Å². The summed E-state index contributed by atoms with van der Waals surface area (Å²) in [4.78, 5) is 24.1. The Morgan fingerprint density at radius 1 is 1.33 bits per heavy atom. The van der Waals surface area contributed by atoms with Gasteiger partial charge in [-0.25, -0.2) is 9.18 Å². The van der Waals surface area contributed by atoms with E-state index in [1.807, 2.05) is 0 Å². The van der Waals surface area contributed by atoms with E-state index in [-0.39, 0.29) is 19.0 Å². The molecular weight excluding hydrogens is 401 g/mol. The summed E-state index contributed by atoms with van der Waals surface area (Å²) in [5.74, 6) is -1.45. The van der Waals surface area contributed by atoms with Gasteiger partial charge in [-0.15, -0.1) is 11.3 Å². The lowest BCUT2D eigenvalue weighted by molar-refractivity contribution is -0.118. The highest BCUT2D eigenvalue weighted by molar-refractivity contribution is 9.10. The lowest BCUT2D eigenvalue weighted by Crippen LogP contribution is -2.19. The number of rotatable bonds is 6. The Labute approximate surface area is 150 Å². The van der Waals surface area contributed by atoms with Gasteiger partial charge >= 0.3 is 5.97 Å². The standard InChI is InChI=1S/C16H15BrFNO4S/c1-3-22-16(21)15-9(2)6-14(24-15)19-13(20)8-23-12-5-4-10(17)7-11(12)18/h4-7H,3,8H2,1-2H3,(H,19,20). The molecule has 0 radical (unpaired) electrons. The second-order valence-corrected chi connectivity index (χ2v) is 6.72. The van der Waals surface area contributed by atoms with Crippen molar-refractivity contribution in [3.8, 4) is 5.75 Å². The summed E-state index contributed by atoms with van der Waals surface area (Å²) >= 11 is 4.26. The zero-order valence-electron chi connectivity index (χ0n) is 13.0. The van der Waals surface area contributed by atoms with Crippen LogP contribution in [-0.4, -0.2) is 25.1 Å². The van der Waals surface area contributed by atoms with E-state index in [0.29, 0.717) is 19.9 Å². The molecule has 0 aliphatic rings. The Hall–Kier alpha value is -1.93. The van der Waals surface area contributed by atoms with E-state index in [0.717, 1.165) is 11.3 Å². The molecule has 0 saturated heterocycles. The first-order chi connectivity index (χ1) is 11.4. The van der Waals surface area contributed by atoms with Crippen molar-refractivity contribution in [1.29, 1.82) is 0 Å². The van der Waals surface area contributed by atoms with Crippen LogP contribution in [0, 0.1) is 12.7 Å². The molecule has 2 rings (SSSR count). The molecule has 8 heteroatoms. The SMILES string of the molecule is CCOC(=O)c1sc(NC(=O)COc2ccc(Br)cc2F)cc1C. The van der Waals surface area contributed by atoms with Crippen molar-refractivity contribution in [3.05, 3.63) is 45.0 Å². The Morgan fingerprint density at radius 2 is 2.08 bits per heavy atom. The molecule has 0 unspecified atom stereocenters. The first-order valence-electron chi connectivity index (χ1n) is 7.06. The lowest BCUT2D eigenvalue weighted by Gasteiger charge is -2.07. The molecule has 128 valence electrons. The number of esters is 1. The van der Waals surface area contributed by atoms with Gasteiger partial charge in [0.15, 0.2) is 18.2 Å². The third-order valence-corrected chi connectivity index (χ3v) is 4.52. The van der Waals surface area contributed by atoms with Crippen LogP contribution in [0.15, 0.2) is 28.7 Å². The fourth-order valence-electron chi connectivity index (χ4n) is 1.85. The molecule has 1 amide bonds. The maximum absolute atomic E-state index is 13.6. The largest absolute Gasteiger partial charge is 0.481 e. The Morgan fingerprint density at radius 3 is 2.75 bits per heavy atom. The fraction of sp³-hybridized carbons (Fsp3) is 0.250. The van der Waals surface area contributed by atoms with E-state index in [1.54, 1.807) is 26.0 Å². The number of ether oxygens (including phenoxy) is 2. The molecule has 0 fully saturated rings. The normalized spacial score (nSPS) is 10.3. The van der Waals surface area contributed by atoms with Crippen molar-refractivity contribution in [3.63, 3.8) is 0 Å². The van der Waals surface area contributed by atoms with Crippen LogP contribution in [0.2, 0.25) is 0 Å². The smallest absolute Gasteiger partial charge is 0.348 e. The molecule has 0 atom stereocenters. The predicted molar refractivity (Wildman–Crippen MR) is 93.2 cm³/mol. The number of thiophene rings is 1. The number of hydrogen-bond acceptors (Lipinski definition) is 5. The minimum absolute atomic E-state index is 0.0112. The number of carbonyl (C=O) groups excluding carboxylic acids is 2. The van der Waals surface area contributed by atoms with Gasteiger partial charge in [-0.05, 0) is 43.7 Å². The van der Waals surface area contributed by atoms with Crippen molar-refractivity contribution < 1.29 is 23.5 Å². The van der Waals surface area contributed by atoms with Crippen molar-refractivity contribution in [2.45, 2.75) is 13.8 Å². The first kappa shape index (κ1) is 18.4. The first-order valence-corrected chi connectivity index (χ1v) is 8.67. The third-order valence-electron chi connectivity index (χ3n) is 2.89. The molecule has 0 aliphatic carbocycles. The Kier molecular flexibility index (Phi) is 6.33. The van der Waals surface area contributed by atoms with Gasteiger partial charge in [-0.3, -0.25) is 4.79 Å². The van der Waals surface area contributed by atoms with Gasteiger partial charge in [0, 0.05) is 4.47 Å². The number of hydrogen-bond donors (Lipinski definition) is 1. The molecule has 0 saturated carbocycles. The van der Waals surface area contributed by atoms with Gasteiger partial charge in [0.25, 0.3) is 5.91 Å². The lowest BCUT2D eigenvalue weighted by atomic mass is 10.3. The van der Waals surface area contributed by atoms with Crippen LogP contribution in [0.5, 0.6) is 5.75 Å². The van der Waals surface area contributed by atoms with Gasteiger partial charge < -0.3 is 14.8 Å². The summed E-state index contributed by atoms with van der Waals surface area (Å²) in [5, 5.41) is 3.12. The van der Waals surface area contributed by atoms with Gasteiger partial charge in [-0.2, -0.15) is 0 Å². The number of carbonyl (C=O) groups is 2. The minimum Gasteiger partial charge on any atom is -0.481 e. The summed E-state index contributed by atoms with van der Waals surface area (Å²) in [7, 11) is 0. The summed E-state index contributed by atoms with van der Waals surface area (Å²) in [6.07, 6.45) is 0. The number of anilines is 1. The molecule has 1 N–H and O–H groups in total. The van der Waals surface area contributed by atoms with Crippen molar-refractivity contribution in [1.82, 2.24) is 0 Å². The highest BCUT2D eigenvalue weighted by Gasteiger charge is 2.16. The van der Waals surface area contributed by atoms with E-state index in [9.17, 15) is 14.0 Å². The van der Waals surface area contributed by atoms with Crippen molar-refractivity contribution >= 4 is 44.1 Å². The summed E-state index contributed by atoms with van der Waals surface area (Å²) < 4.78 is 24.3. The molecule has 0 aliphatic heterocycles. The maximum Gasteiger partial charge on any atom is 0.348 e. The second-order valence-electron chi connectivity index (χ2n) is 4.75. The number of amides is 1. The van der Waals surface area contributed by atoms with Crippen LogP contribution in [0.1, 0.15) is 22.2 Å². The van der Waals surface area contributed by atoms with E-state index in [4.69, 9.17) is 9.47 Å². The minimum atomic E-state index is -0.561. The number of halogens is 2. The van der Waals surface area contributed by atoms with Crippen LogP contribution in [-0.2, 0) is 9.53 Å². The number of benzene rings is 1. The third kappa shape index (κ3) is 4.78. The zero-order chi connectivity index (χ0) is 17.7. The summed E-state index contributed by atoms with van der Waals surface area (Å²) in [5.41, 5.74) is 0.716. The highest BCUT2D eigenvalue weighted by Crippen LogP contribution is 2.27. The topological polar surface area (TPSA) is 64.6 Å². The van der Waals surface area contributed by atoms with Gasteiger partial charge in [0.05, 0.1) is 11.6 Å². The molecule has 1 aromatic carbocycles. The molecule has 1 heterocycles. The molecule has 1 aromatic heterocycles. The van der Waals surface area contributed by atoms with Crippen LogP contribution >= 0.6 is 27.3 Å². The summed E-state index contributed by atoms with van der Waals surface area (Å²) in [6.45, 7) is 3.42. The van der Waals surface area contributed by atoms with E-state index < -0.39 is 17.7 Å². The van der Waals surface area contributed by atoms with E-state index in [2.05, 4.69) is 21.2 Å². The Bertz CT molecular complexity index is 763. The monoisotopic (exact) mass is 415 g/mol. The number of aryl methyl sites for hydroxylation is 1. The fourth-order valence-corrected chi connectivity index (χ4v) is 3.17. The van der Waals surface area contributed by atoms with Crippen LogP contribution < -0.4 is 10.1 Å². The second kappa shape index (κ2) is 8.25. The van der Waals surface area contributed by atoms with Gasteiger partial charge in [0.2, 0.25) is 0 Å². The Balaban J connectivity index is 1.95. The predicted octanol–water partition coefficient (Wildman–Crippen LogP) is 4.15. The van der Waals surface area contributed by atoms with E-state index in [1.165, 1.54) is 12.1 Å². The molecule has 0 bridgehead atoms. The van der Waals surface area contributed by atoms with Crippen LogP contribution in [0.3, 0.4) is 0 Å². The molecule has 5 nitrogen and oxygen atoms in total. The van der Waals surface area contributed by atoms with Gasteiger partial charge in [-0.1, -0.05) is 15.9 Å². The molecular formula is C16H15BrFNO4S. The van der Waals surface area contributed by atoms with Crippen molar-refractivity contribution in [2.24, 2.45) is 0 Å². The quantitative estimate of drug-likeness (QED) is 0.719. The zero-order valence-corrected chi connectivity index (χ0v) is 15.4. The summed E-state index contributed by atoms with van der Waals surface area (Å²) in [6, 6.07) is 5.97. The highest BCUT2D eigenvalue weighted by atomic mass is 79.9.